The Morgan fingerprint density at radius 1 is 1.71 bits per heavy atom. The number of amides is 1. The van der Waals surface area contributed by atoms with E-state index in [9.17, 15) is 4.79 Å². The summed E-state index contributed by atoms with van der Waals surface area (Å²) in [6.45, 7) is 0. The van der Waals surface area contributed by atoms with Gasteiger partial charge in [0.05, 0.1) is 4.45 Å². The Labute approximate surface area is 50.4 Å². The van der Waals surface area contributed by atoms with E-state index in [1.165, 1.54) is 0 Å². The fourth-order valence-corrected chi connectivity index (χ4v) is 0.651. The third-order valence-electron chi connectivity index (χ3n) is 1.01. The van der Waals surface area contributed by atoms with Crippen molar-refractivity contribution in [3.05, 3.63) is 0 Å². The van der Waals surface area contributed by atoms with Crippen LogP contribution in [-0.4, -0.2) is 10.9 Å². The zero-order valence-electron chi connectivity index (χ0n) is 3.78. The van der Waals surface area contributed by atoms with Crippen LogP contribution in [0.3, 0.4) is 0 Å². The molecule has 1 saturated carbocycles. The van der Waals surface area contributed by atoms with Gasteiger partial charge in [-0.15, -0.1) is 0 Å². The lowest BCUT2D eigenvalue weighted by Crippen LogP contribution is -2.22. The molecule has 1 rings (SSSR count). The van der Waals surface area contributed by atoms with Gasteiger partial charge in [0.15, 0.2) is 0 Å². The van der Waals surface area contributed by atoms with Crippen LogP contribution in [0.1, 0.15) is 12.8 Å². The van der Waals surface area contributed by atoms with Crippen LogP contribution < -0.4 is 5.32 Å². The van der Waals surface area contributed by atoms with Crippen LogP contribution in [0.4, 0.5) is 0 Å². The van der Waals surface area contributed by atoms with E-state index in [0.29, 0.717) is 0 Å². The van der Waals surface area contributed by atoms with Crippen LogP contribution >= 0.6 is 15.9 Å². The molecule has 2 nitrogen and oxygen atoms in total. The minimum atomic E-state index is -0.00521. The topological polar surface area (TPSA) is 29.1 Å². The van der Waals surface area contributed by atoms with Crippen molar-refractivity contribution in [3.8, 4) is 0 Å². The maximum Gasteiger partial charge on any atom is 0.208 e. The summed E-state index contributed by atoms with van der Waals surface area (Å²) in [5.41, 5.74) is 0. The molecule has 7 heavy (non-hydrogen) atoms. The summed E-state index contributed by atoms with van der Waals surface area (Å²) in [4.78, 5) is 9.72. The SMILES string of the molecule is O=CNC1(Br)CC1. The van der Waals surface area contributed by atoms with Gasteiger partial charge in [-0.05, 0) is 12.8 Å². The summed E-state index contributed by atoms with van der Waals surface area (Å²) in [6, 6.07) is 0. The lowest BCUT2D eigenvalue weighted by molar-refractivity contribution is -0.109. The largest absolute Gasteiger partial charge is 0.344 e. The Morgan fingerprint density at radius 3 is 2.43 bits per heavy atom. The highest BCUT2D eigenvalue weighted by Crippen LogP contribution is 2.40. The van der Waals surface area contributed by atoms with E-state index >= 15 is 0 Å². The zero-order valence-corrected chi connectivity index (χ0v) is 5.36. The third kappa shape index (κ3) is 1.16. The van der Waals surface area contributed by atoms with Crippen LogP contribution in [0.5, 0.6) is 0 Å². The number of nitrogens with one attached hydrogen (secondary N) is 1. The highest BCUT2D eigenvalue weighted by molar-refractivity contribution is 9.10. The average molecular weight is 164 g/mol. The molecule has 0 heterocycles. The maximum atomic E-state index is 9.72. The Kier molecular flexibility index (Phi) is 1.07. The van der Waals surface area contributed by atoms with E-state index in [1.807, 2.05) is 0 Å². The second-order valence-corrected chi connectivity index (χ2v) is 3.25. The van der Waals surface area contributed by atoms with Gasteiger partial charge in [0, 0.05) is 0 Å². The van der Waals surface area contributed by atoms with Gasteiger partial charge in [-0.25, -0.2) is 0 Å². The van der Waals surface area contributed by atoms with Crippen molar-refractivity contribution in [3.63, 3.8) is 0 Å². The molecule has 0 atom stereocenters. The molecular formula is C4H6BrNO. The fraction of sp³-hybridized carbons (Fsp3) is 0.750. The van der Waals surface area contributed by atoms with Crippen molar-refractivity contribution in [1.29, 1.82) is 0 Å². The van der Waals surface area contributed by atoms with E-state index < -0.39 is 0 Å². The van der Waals surface area contributed by atoms with Crippen LogP contribution in [0.2, 0.25) is 0 Å². The van der Waals surface area contributed by atoms with Crippen molar-refractivity contribution < 1.29 is 4.79 Å². The van der Waals surface area contributed by atoms with E-state index in [4.69, 9.17) is 0 Å². The van der Waals surface area contributed by atoms with Crippen molar-refractivity contribution in [2.45, 2.75) is 17.3 Å². The van der Waals surface area contributed by atoms with Crippen LogP contribution in [-0.2, 0) is 4.79 Å². The molecule has 0 aromatic carbocycles. The molecule has 0 spiro atoms. The van der Waals surface area contributed by atoms with E-state index in [1.54, 1.807) is 0 Å². The molecule has 0 aromatic heterocycles. The van der Waals surface area contributed by atoms with Crippen molar-refractivity contribution in [2.75, 3.05) is 0 Å². The number of rotatable bonds is 2. The second-order valence-electron chi connectivity index (χ2n) is 1.73. The highest BCUT2D eigenvalue weighted by atomic mass is 79.9. The molecular weight excluding hydrogens is 158 g/mol. The van der Waals surface area contributed by atoms with Gasteiger partial charge in [-0.3, -0.25) is 4.79 Å². The lowest BCUT2D eigenvalue weighted by atomic mass is 10.7. The first kappa shape index (κ1) is 5.09. The Balaban J connectivity index is 2.25. The first-order valence-corrected chi connectivity index (χ1v) is 2.96. The summed E-state index contributed by atoms with van der Waals surface area (Å²) >= 11 is 3.31. The quantitative estimate of drug-likeness (QED) is 0.361. The van der Waals surface area contributed by atoms with Crippen LogP contribution in [0.15, 0.2) is 0 Å². The number of hydrogen-bond donors (Lipinski definition) is 1. The van der Waals surface area contributed by atoms with Gasteiger partial charge in [-0.1, -0.05) is 15.9 Å². The Hall–Kier alpha value is -0.0500. The molecule has 0 bridgehead atoms. The summed E-state index contributed by atoms with van der Waals surface area (Å²) in [5, 5.41) is 2.63. The first-order valence-electron chi connectivity index (χ1n) is 2.17. The average Bonchev–Trinajstić information content (AvgIpc) is 2.22. The molecule has 0 unspecified atom stereocenters. The smallest absolute Gasteiger partial charge is 0.208 e. The number of carbonyl (C=O) groups is 1. The summed E-state index contributed by atoms with van der Waals surface area (Å²) in [7, 11) is 0. The number of alkyl halides is 1. The van der Waals surface area contributed by atoms with Gasteiger partial charge >= 0.3 is 0 Å². The van der Waals surface area contributed by atoms with Crippen molar-refractivity contribution in [1.82, 2.24) is 5.32 Å². The number of carbonyl (C=O) groups excluding carboxylic acids is 1. The highest BCUT2D eigenvalue weighted by Gasteiger charge is 2.38. The van der Waals surface area contributed by atoms with Gasteiger partial charge in [0.2, 0.25) is 6.41 Å². The van der Waals surface area contributed by atoms with Crippen LogP contribution in [0, 0.1) is 0 Å². The molecule has 0 aliphatic heterocycles. The summed E-state index contributed by atoms with van der Waals surface area (Å²) < 4.78 is -0.00521. The number of halogens is 1. The monoisotopic (exact) mass is 163 g/mol. The van der Waals surface area contributed by atoms with Gasteiger partial charge < -0.3 is 5.32 Å². The third-order valence-corrected chi connectivity index (χ3v) is 2.03. The minimum Gasteiger partial charge on any atom is -0.344 e. The molecule has 0 saturated heterocycles. The second kappa shape index (κ2) is 1.47. The zero-order chi connectivity index (χ0) is 5.33. The molecule has 1 amide bonds. The van der Waals surface area contributed by atoms with E-state index in [0.717, 1.165) is 19.3 Å². The normalized spacial score (nSPS) is 23.6. The van der Waals surface area contributed by atoms with Crippen molar-refractivity contribution >= 4 is 22.3 Å². The molecule has 1 aliphatic rings. The molecule has 0 radical (unpaired) electrons. The van der Waals surface area contributed by atoms with Crippen LogP contribution in [0.25, 0.3) is 0 Å². The molecule has 1 fully saturated rings. The van der Waals surface area contributed by atoms with E-state index in [2.05, 4.69) is 21.2 Å². The van der Waals surface area contributed by atoms with Crippen molar-refractivity contribution in [2.24, 2.45) is 0 Å². The van der Waals surface area contributed by atoms with Gasteiger partial charge in [0.1, 0.15) is 0 Å². The molecule has 3 heteroatoms. The lowest BCUT2D eigenvalue weighted by Gasteiger charge is -1.99. The summed E-state index contributed by atoms with van der Waals surface area (Å²) in [5.74, 6) is 0. The van der Waals surface area contributed by atoms with E-state index in [-0.39, 0.29) is 4.45 Å². The summed E-state index contributed by atoms with van der Waals surface area (Å²) in [6.07, 6.45) is 2.85. The molecule has 1 N–H and O–H groups in total. The first-order chi connectivity index (χ1) is 3.27. The minimum absolute atomic E-state index is 0.00521. The fourth-order valence-electron chi connectivity index (χ4n) is 0.360. The predicted octanol–water partition coefficient (Wildman–Crippen LogP) is 0.617. The number of hydrogen-bond acceptors (Lipinski definition) is 1. The Bertz CT molecular complexity index is 89.7. The standard InChI is InChI=1S/C4H6BrNO/c5-4(1-2-4)6-3-7/h3H,1-2H2,(H,6,7). The molecule has 1 aliphatic carbocycles. The molecule has 40 valence electrons. The Morgan fingerprint density at radius 2 is 2.29 bits per heavy atom. The maximum absolute atomic E-state index is 9.72. The van der Waals surface area contributed by atoms with Gasteiger partial charge in [-0.2, -0.15) is 0 Å². The predicted molar refractivity (Wildman–Crippen MR) is 30.1 cm³/mol. The van der Waals surface area contributed by atoms with Gasteiger partial charge in [0.25, 0.3) is 0 Å². The molecule has 0 aromatic rings.